The third-order valence-electron chi connectivity index (χ3n) is 0. The Bertz CT molecular complexity index is 29.1. The fourth-order valence-corrected chi connectivity index (χ4v) is 0. The van der Waals surface area contributed by atoms with E-state index in [-0.39, 0.29) is 55.9 Å². The molecule has 0 aliphatic heterocycles. The molecule has 0 spiro atoms. The molecule has 0 rings (SSSR count). The quantitative estimate of drug-likeness (QED) is 0.390. The van der Waals surface area contributed by atoms with Crippen molar-refractivity contribution < 1.29 is 82.4 Å². The van der Waals surface area contributed by atoms with Gasteiger partial charge in [0.25, 0.3) is 0 Å². The minimum atomic E-state index is -2.85. The summed E-state index contributed by atoms with van der Waals surface area (Å²) in [7, 11) is -5.70. The van der Waals surface area contributed by atoms with Crippen molar-refractivity contribution in [1.82, 2.24) is 0 Å². The van der Waals surface area contributed by atoms with Crippen LogP contribution in [0.15, 0.2) is 0 Å². The molecule has 0 amide bonds. The van der Waals surface area contributed by atoms with Gasteiger partial charge in [-0.25, -0.2) is 0 Å². The summed E-state index contributed by atoms with van der Waals surface area (Å²) < 4.78 is 50.4. The topological polar surface area (TPSA) is 327 Å². The average molecular weight is 299 g/mol. The van der Waals surface area contributed by atoms with Crippen molar-refractivity contribution in [3.05, 3.63) is 0 Å². The SMILES string of the molecule is O.O.O.O.O.O.[Mg+2].[O-][Cl+2]([O-])[O-].[O-][Cl+2]([O-])[O-]. The summed E-state index contributed by atoms with van der Waals surface area (Å²) in [6, 6.07) is 0. The Labute approximate surface area is 106 Å². The molecule has 0 bridgehead atoms. The molecule has 0 aliphatic carbocycles. The van der Waals surface area contributed by atoms with Crippen molar-refractivity contribution in [2.75, 3.05) is 0 Å². The van der Waals surface area contributed by atoms with E-state index in [1.54, 1.807) is 0 Å². The number of hydrogen-bond donors (Lipinski definition) is 0. The van der Waals surface area contributed by atoms with Gasteiger partial charge in [0.05, 0.1) is 21.6 Å². The van der Waals surface area contributed by atoms with Crippen LogP contribution in [0.3, 0.4) is 0 Å². The summed E-state index contributed by atoms with van der Waals surface area (Å²) in [6.45, 7) is 0. The predicted molar refractivity (Wildman–Crippen MR) is 27.4 cm³/mol. The first-order chi connectivity index (χ1) is 3.46. The molecule has 0 radical (unpaired) electrons. The van der Waals surface area contributed by atoms with Crippen LogP contribution in [0.4, 0.5) is 0 Å². The van der Waals surface area contributed by atoms with E-state index in [1.165, 1.54) is 0 Å². The van der Waals surface area contributed by atoms with E-state index in [4.69, 9.17) is 28.0 Å². The largest absolute Gasteiger partial charge is 2.00 e. The zero-order valence-electron chi connectivity index (χ0n) is 6.91. The molecule has 12 nitrogen and oxygen atoms in total. The van der Waals surface area contributed by atoms with Gasteiger partial charge in [0.15, 0.2) is 0 Å². The summed E-state index contributed by atoms with van der Waals surface area (Å²) in [5, 5.41) is 0. The summed E-state index contributed by atoms with van der Waals surface area (Å²) in [6.07, 6.45) is 0. The molecule has 0 saturated heterocycles. The van der Waals surface area contributed by atoms with Gasteiger partial charge in [0.2, 0.25) is 0 Å². The number of hydrogen-bond acceptors (Lipinski definition) is 6. The van der Waals surface area contributed by atoms with E-state index in [0.717, 1.165) is 0 Å². The Balaban J connectivity index is -0.00000000468. The van der Waals surface area contributed by atoms with Gasteiger partial charge in [-0.2, -0.15) is 0 Å². The Kier molecular flexibility index (Phi) is 301. The molecule has 0 fully saturated rings. The first-order valence-electron chi connectivity index (χ1n) is 0.926. The molecule has 0 aromatic heterocycles. The van der Waals surface area contributed by atoms with Crippen molar-refractivity contribution in [3.8, 4) is 0 Å². The molecule has 0 atom stereocenters. The van der Waals surface area contributed by atoms with Crippen LogP contribution in [0, 0.1) is 21.6 Å². The molecule has 0 saturated carbocycles. The van der Waals surface area contributed by atoms with Gasteiger partial charge >= 0.3 is 23.1 Å². The van der Waals surface area contributed by atoms with Gasteiger partial charge in [-0.05, 0) is 0 Å². The van der Waals surface area contributed by atoms with Crippen molar-refractivity contribution in [3.63, 3.8) is 0 Å². The molecule has 0 aromatic rings. The zero-order chi connectivity index (χ0) is 7.15. The molecule has 15 heteroatoms. The summed E-state index contributed by atoms with van der Waals surface area (Å²) in [4.78, 5) is 0. The van der Waals surface area contributed by atoms with Crippen LogP contribution in [0.2, 0.25) is 0 Å². The molecule has 0 heterocycles. The molecule has 0 aliphatic rings. The molecule has 12 N–H and O–H groups in total. The monoisotopic (exact) mass is 298 g/mol. The summed E-state index contributed by atoms with van der Waals surface area (Å²) in [5.74, 6) is 0. The van der Waals surface area contributed by atoms with Crippen LogP contribution in [-0.2, 0) is 0 Å². The molecule has 15 heavy (non-hydrogen) atoms. The Morgan fingerprint density at radius 2 is 0.400 bits per heavy atom. The second-order valence-corrected chi connectivity index (χ2v) is 1.13. The molecule has 0 aromatic carbocycles. The minimum Gasteiger partial charge on any atom is -0.412 e. The Morgan fingerprint density at radius 1 is 0.400 bits per heavy atom. The minimum absolute atomic E-state index is 0. The van der Waals surface area contributed by atoms with E-state index < -0.39 is 21.6 Å². The van der Waals surface area contributed by atoms with Crippen LogP contribution in [-0.4, -0.2) is 55.9 Å². The average Bonchev–Trinajstić information content (AvgIpc) is 1.25. The molecule has 100 valence electrons. The van der Waals surface area contributed by atoms with Crippen molar-refractivity contribution in [2.24, 2.45) is 0 Å². The van der Waals surface area contributed by atoms with Crippen LogP contribution >= 0.6 is 0 Å². The summed E-state index contributed by atoms with van der Waals surface area (Å²) in [5.41, 5.74) is 0. The number of halogens is 2. The standard InChI is InChI=1S/2ClO3.Mg.6H2O/c2*2-1(3)4;;;;;;;/h;;;6*1H2/q2*-1;+2;;;;;;. The first kappa shape index (κ1) is 74.4. The maximum absolute atomic E-state index is 8.41. The van der Waals surface area contributed by atoms with Gasteiger partial charge in [0.1, 0.15) is 0 Å². The predicted octanol–water partition coefficient (Wildman–Crippen LogP) is -12.5. The van der Waals surface area contributed by atoms with Crippen LogP contribution in [0.5, 0.6) is 0 Å². The van der Waals surface area contributed by atoms with E-state index in [1.807, 2.05) is 0 Å². The van der Waals surface area contributed by atoms with Gasteiger partial charge in [0, 0.05) is 0 Å². The van der Waals surface area contributed by atoms with Gasteiger partial charge in [-0.1, -0.05) is 0 Å². The maximum Gasteiger partial charge on any atom is 2.00 e. The van der Waals surface area contributed by atoms with E-state index in [9.17, 15) is 0 Å². The normalized spacial score (nSPS) is 4.80. The first-order valence-corrected chi connectivity index (χ1v) is 2.78. The smallest absolute Gasteiger partial charge is 0.412 e. The van der Waals surface area contributed by atoms with Gasteiger partial charge in [-0.3, -0.25) is 0 Å². The van der Waals surface area contributed by atoms with Crippen LogP contribution in [0.1, 0.15) is 0 Å². The molecular formula is H12Cl2MgO12. The fourth-order valence-electron chi connectivity index (χ4n) is 0. The van der Waals surface area contributed by atoms with E-state index in [2.05, 4.69) is 0 Å². The van der Waals surface area contributed by atoms with Gasteiger partial charge in [-0.15, -0.1) is 0 Å². The van der Waals surface area contributed by atoms with Crippen LogP contribution < -0.4 is 28.0 Å². The maximum atomic E-state index is 8.41. The molecular weight excluding hydrogens is 287 g/mol. The Morgan fingerprint density at radius 3 is 0.400 bits per heavy atom. The summed E-state index contributed by atoms with van der Waals surface area (Å²) >= 11 is 0. The third-order valence-corrected chi connectivity index (χ3v) is 0. The van der Waals surface area contributed by atoms with Crippen molar-refractivity contribution in [2.45, 2.75) is 0 Å². The second-order valence-electron chi connectivity index (χ2n) is 0.378. The third kappa shape index (κ3) is 3280. The van der Waals surface area contributed by atoms with E-state index >= 15 is 0 Å². The van der Waals surface area contributed by atoms with Crippen LogP contribution in [0.25, 0.3) is 0 Å². The fraction of sp³-hybridized carbons (Fsp3) is 0. The van der Waals surface area contributed by atoms with Crippen molar-refractivity contribution in [1.29, 1.82) is 0 Å². The zero-order valence-corrected chi connectivity index (χ0v) is 9.84. The number of rotatable bonds is 0. The van der Waals surface area contributed by atoms with Crippen molar-refractivity contribution >= 4 is 23.1 Å². The molecule has 0 unspecified atom stereocenters. The second kappa shape index (κ2) is 60.6. The van der Waals surface area contributed by atoms with E-state index in [0.29, 0.717) is 0 Å². The van der Waals surface area contributed by atoms with Gasteiger partial charge < -0.3 is 60.8 Å². The Hall–Kier alpha value is 0.866.